The molecular weight excluding hydrogens is 543 g/mol. The molecule has 1 amide bonds. The third-order valence-corrected chi connectivity index (χ3v) is 9.73. The number of anilines is 1. The van der Waals surface area contributed by atoms with Crippen LogP contribution >= 0.6 is 0 Å². The van der Waals surface area contributed by atoms with Crippen LogP contribution in [0.2, 0.25) is 0 Å². The van der Waals surface area contributed by atoms with Gasteiger partial charge in [-0.15, -0.1) is 5.10 Å². The first kappa shape index (κ1) is 26.1. The Kier molecular flexibility index (Phi) is 6.08. The number of likely N-dealkylation sites (tertiary alicyclic amines) is 1. The van der Waals surface area contributed by atoms with E-state index in [0.29, 0.717) is 25.8 Å². The number of rotatable bonds is 6. The summed E-state index contributed by atoms with van der Waals surface area (Å²) in [6, 6.07) is 20.1. The Morgan fingerprint density at radius 2 is 1.79 bits per heavy atom. The molecule has 3 aromatic carbocycles. The fourth-order valence-corrected chi connectivity index (χ4v) is 7.49. The lowest BCUT2D eigenvalue weighted by molar-refractivity contribution is -0.134. The topological polar surface area (TPSA) is 75.3 Å². The first-order valence-electron chi connectivity index (χ1n) is 14.9. The summed E-state index contributed by atoms with van der Waals surface area (Å²) >= 11 is 0. The lowest BCUT2D eigenvalue weighted by Crippen LogP contribution is -2.57. The predicted octanol–water partition coefficient (Wildman–Crippen LogP) is 4.41. The van der Waals surface area contributed by atoms with Crippen molar-refractivity contribution in [2.75, 3.05) is 31.2 Å². The Morgan fingerprint density at radius 1 is 1.00 bits per heavy atom. The molecular formula is C33H33FN8O. The third-order valence-electron chi connectivity index (χ3n) is 9.73. The van der Waals surface area contributed by atoms with Crippen molar-refractivity contribution in [1.82, 2.24) is 34.3 Å². The number of nitrogens with zero attached hydrogens (tertiary/aromatic N) is 8. The summed E-state index contributed by atoms with van der Waals surface area (Å²) in [6.45, 7) is 3.14. The van der Waals surface area contributed by atoms with Crippen molar-refractivity contribution in [2.45, 2.75) is 37.4 Å². The monoisotopic (exact) mass is 576 g/mol. The Balaban J connectivity index is 1.03. The van der Waals surface area contributed by atoms with Crippen molar-refractivity contribution < 1.29 is 9.18 Å². The van der Waals surface area contributed by atoms with Gasteiger partial charge in [0.1, 0.15) is 17.1 Å². The highest BCUT2D eigenvalue weighted by molar-refractivity contribution is 5.94. The van der Waals surface area contributed by atoms with Crippen LogP contribution in [-0.4, -0.2) is 72.1 Å². The lowest BCUT2D eigenvalue weighted by Gasteiger charge is -2.45. The van der Waals surface area contributed by atoms with E-state index in [0.717, 1.165) is 49.4 Å². The second-order valence-electron chi connectivity index (χ2n) is 12.0. The quantitative estimate of drug-likeness (QED) is 0.298. The molecule has 9 nitrogen and oxygen atoms in total. The zero-order valence-corrected chi connectivity index (χ0v) is 24.1. The van der Waals surface area contributed by atoms with Crippen LogP contribution in [0.15, 0.2) is 79.4 Å². The van der Waals surface area contributed by atoms with Crippen LogP contribution in [0, 0.1) is 5.82 Å². The highest BCUT2D eigenvalue weighted by Gasteiger charge is 2.54. The number of amides is 1. The van der Waals surface area contributed by atoms with Crippen LogP contribution in [0.4, 0.5) is 10.1 Å². The van der Waals surface area contributed by atoms with Crippen LogP contribution in [0.25, 0.3) is 22.2 Å². The van der Waals surface area contributed by atoms with E-state index in [9.17, 15) is 9.18 Å². The van der Waals surface area contributed by atoms with E-state index in [4.69, 9.17) is 0 Å². The van der Waals surface area contributed by atoms with Gasteiger partial charge in [-0.2, -0.15) is 0 Å². The Morgan fingerprint density at radius 3 is 2.56 bits per heavy atom. The van der Waals surface area contributed by atoms with E-state index in [1.807, 2.05) is 22.7 Å². The molecule has 43 heavy (non-hydrogen) atoms. The van der Waals surface area contributed by atoms with Gasteiger partial charge in [0.15, 0.2) is 0 Å². The molecule has 10 heteroatoms. The van der Waals surface area contributed by atoms with Gasteiger partial charge in [-0.1, -0.05) is 41.6 Å². The van der Waals surface area contributed by atoms with Gasteiger partial charge in [-0.05, 0) is 65.4 Å². The second-order valence-corrected chi connectivity index (χ2v) is 12.0. The van der Waals surface area contributed by atoms with E-state index in [1.54, 1.807) is 29.3 Å². The van der Waals surface area contributed by atoms with Gasteiger partial charge in [-0.3, -0.25) is 14.4 Å². The summed E-state index contributed by atoms with van der Waals surface area (Å²) < 4.78 is 17.6. The van der Waals surface area contributed by atoms with Gasteiger partial charge < -0.3 is 14.4 Å². The molecule has 4 heterocycles. The molecule has 1 spiro atoms. The maximum Gasteiger partial charge on any atom is 0.250 e. The average Bonchev–Trinajstić information content (AvgIpc) is 3.81. The van der Waals surface area contributed by atoms with Crippen molar-refractivity contribution >= 4 is 22.4 Å². The standard InChI is InChI=1S/C33H33FN8O/c1-38-21-35-19-30(38)28-20-41(37-36-28)17-16-40-22-42(26-10-8-25(34)9-11-26)33(32(40)43)12-14-39(15-13-33)29-18-24-6-2-4-23-5-3-7-27(29)31(23)24/h2-11,19-21,29H,12-18,22H2,1H3. The molecule has 3 aliphatic rings. The average molecular weight is 577 g/mol. The first-order chi connectivity index (χ1) is 21.0. The molecule has 5 aromatic rings. The second kappa shape index (κ2) is 10.0. The largest absolute Gasteiger partial charge is 0.339 e. The van der Waals surface area contributed by atoms with Crippen LogP contribution < -0.4 is 4.90 Å². The molecule has 2 fully saturated rings. The fraction of sp³-hybridized carbons (Fsp3) is 0.333. The molecule has 2 aromatic heterocycles. The summed E-state index contributed by atoms with van der Waals surface area (Å²) in [5.74, 6) is -0.138. The highest BCUT2D eigenvalue weighted by Crippen LogP contribution is 2.45. The number of aromatic nitrogens is 5. The molecule has 0 radical (unpaired) electrons. The van der Waals surface area contributed by atoms with Crippen molar-refractivity contribution in [3.8, 4) is 11.4 Å². The SMILES string of the molecule is Cn1cncc1-c1cn(CCN2CN(c3ccc(F)cc3)C3(CCN(C4Cc5cccc6cccc4c56)CC3)C2=O)nn1. The molecule has 8 rings (SSSR count). The number of benzene rings is 3. The van der Waals surface area contributed by atoms with E-state index >= 15 is 0 Å². The summed E-state index contributed by atoms with van der Waals surface area (Å²) in [5.41, 5.74) is 4.66. The summed E-state index contributed by atoms with van der Waals surface area (Å²) in [6.07, 6.45) is 7.83. The number of aryl methyl sites for hydroxylation is 1. The van der Waals surface area contributed by atoms with Crippen LogP contribution in [0.3, 0.4) is 0 Å². The van der Waals surface area contributed by atoms with Crippen LogP contribution in [0.1, 0.15) is 30.0 Å². The molecule has 1 unspecified atom stereocenters. The zero-order valence-electron chi connectivity index (χ0n) is 24.1. The maximum atomic E-state index is 14.3. The van der Waals surface area contributed by atoms with Crippen molar-refractivity contribution in [1.29, 1.82) is 0 Å². The Labute approximate surface area is 249 Å². The molecule has 2 saturated heterocycles. The smallest absolute Gasteiger partial charge is 0.250 e. The van der Waals surface area contributed by atoms with Crippen molar-refractivity contribution in [3.05, 3.63) is 96.3 Å². The number of hydrogen-bond acceptors (Lipinski definition) is 6. The van der Waals surface area contributed by atoms with Gasteiger partial charge in [-0.25, -0.2) is 9.37 Å². The van der Waals surface area contributed by atoms with Gasteiger partial charge in [0.05, 0.1) is 37.6 Å². The van der Waals surface area contributed by atoms with Crippen LogP contribution in [-0.2, 0) is 24.8 Å². The summed E-state index contributed by atoms with van der Waals surface area (Å²) in [4.78, 5) is 25.2. The number of carbonyl (C=O) groups excluding carboxylic acids is 1. The first-order valence-corrected chi connectivity index (χ1v) is 14.9. The van der Waals surface area contributed by atoms with Crippen LogP contribution in [0.5, 0.6) is 0 Å². The summed E-state index contributed by atoms with van der Waals surface area (Å²) in [7, 11) is 1.92. The molecule has 1 aliphatic carbocycles. The predicted molar refractivity (Wildman–Crippen MR) is 162 cm³/mol. The number of hydrogen-bond donors (Lipinski definition) is 0. The molecule has 0 bridgehead atoms. The molecule has 0 N–H and O–H groups in total. The molecule has 0 saturated carbocycles. The van der Waals surface area contributed by atoms with Gasteiger partial charge in [0.25, 0.3) is 0 Å². The highest BCUT2D eigenvalue weighted by atomic mass is 19.1. The molecule has 218 valence electrons. The Hall–Kier alpha value is -4.57. The zero-order chi connectivity index (χ0) is 29.1. The number of carbonyl (C=O) groups is 1. The number of halogens is 1. The minimum absolute atomic E-state index is 0.139. The van der Waals surface area contributed by atoms with E-state index in [2.05, 4.69) is 61.5 Å². The normalized spacial score (nSPS) is 19.8. The van der Waals surface area contributed by atoms with Crippen molar-refractivity contribution in [3.63, 3.8) is 0 Å². The minimum atomic E-state index is -0.659. The number of piperidine rings is 1. The van der Waals surface area contributed by atoms with Crippen molar-refractivity contribution in [2.24, 2.45) is 7.05 Å². The molecule has 2 aliphatic heterocycles. The third kappa shape index (κ3) is 4.23. The van der Waals surface area contributed by atoms with Gasteiger partial charge >= 0.3 is 0 Å². The minimum Gasteiger partial charge on any atom is -0.339 e. The Bertz CT molecular complexity index is 1820. The maximum absolute atomic E-state index is 14.3. The molecule has 1 atom stereocenters. The fourth-order valence-electron chi connectivity index (χ4n) is 7.49. The van der Waals surface area contributed by atoms with E-state index in [1.165, 1.54) is 34.0 Å². The van der Waals surface area contributed by atoms with E-state index < -0.39 is 5.54 Å². The van der Waals surface area contributed by atoms with Gasteiger partial charge in [0.2, 0.25) is 5.91 Å². The lowest BCUT2D eigenvalue weighted by atomic mass is 9.84. The van der Waals surface area contributed by atoms with E-state index in [-0.39, 0.29) is 11.7 Å². The number of imidazole rings is 1. The summed E-state index contributed by atoms with van der Waals surface area (Å²) in [5, 5.41) is 11.3. The van der Waals surface area contributed by atoms with Gasteiger partial charge in [0, 0.05) is 38.4 Å².